The van der Waals surface area contributed by atoms with E-state index in [4.69, 9.17) is 0 Å². The highest BCUT2D eigenvalue weighted by Crippen LogP contribution is 2.43. The second-order valence-electron chi connectivity index (χ2n) is 5.24. The van der Waals surface area contributed by atoms with Crippen LogP contribution in [-0.4, -0.2) is 0 Å². The van der Waals surface area contributed by atoms with Gasteiger partial charge in [-0.25, -0.2) is 0 Å². The van der Waals surface area contributed by atoms with Crippen molar-refractivity contribution in [2.75, 3.05) is 0 Å². The molecule has 0 bridgehead atoms. The average molecular weight is 200 g/mol. The molecule has 1 aromatic rings. The second kappa shape index (κ2) is 4.00. The average Bonchev–Trinajstić information content (AvgIpc) is 2.74. The first-order valence-electron chi connectivity index (χ1n) is 6.53. The lowest BCUT2D eigenvalue weighted by Gasteiger charge is -2.28. The van der Waals surface area contributed by atoms with E-state index in [1.165, 1.54) is 44.9 Å². The van der Waals surface area contributed by atoms with Gasteiger partial charge in [-0.1, -0.05) is 43.5 Å². The molecule has 3 rings (SSSR count). The summed E-state index contributed by atoms with van der Waals surface area (Å²) in [7, 11) is 0. The third-order valence-electron chi connectivity index (χ3n) is 4.40. The van der Waals surface area contributed by atoms with Crippen molar-refractivity contribution in [1.82, 2.24) is 0 Å². The summed E-state index contributed by atoms with van der Waals surface area (Å²) in [6.07, 6.45) is 10.1. The minimum Gasteiger partial charge on any atom is -0.0620 e. The number of fused-ring (bicyclic) bond motifs is 1. The molecule has 2 aliphatic rings. The number of hydrogen-bond donors (Lipinski definition) is 0. The Morgan fingerprint density at radius 1 is 0.867 bits per heavy atom. The highest BCUT2D eigenvalue weighted by atomic mass is 14.3. The van der Waals surface area contributed by atoms with Crippen molar-refractivity contribution in [2.45, 2.75) is 50.9 Å². The molecule has 0 N–H and O–H groups in total. The van der Waals surface area contributed by atoms with E-state index in [1.807, 2.05) is 0 Å². The van der Waals surface area contributed by atoms with Crippen LogP contribution >= 0.6 is 0 Å². The van der Waals surface area contributed by atoms with Crippen molar-refractivity contribution in [3.05, 3.63) is 35.4 Å². The van der Waals surface area contributed by atoms with E-state index >= 15 is 0 Å². The van der Waals surface area contributed by atoms with Gasteiger partial charge in [0.25, 0.3) is 0 Å². The van der Waals surface area contributed by atoms with Gasteiger partial charge in [-0.3, -0.25) is 0 Å². The third kappa shape index (κ3) is 1.71. The zero-order valence-corrected chi connectivity index (χ0v) is 9.41. The first-order chi connectivity index (χ1) is 7.45. The Morgan fingerprint density at radius 2 is 1.67 bits per heavy atom. The predicted octanol–water partition coefficient (Wildman–Crippen LogP) is 4.30. The van der Waals surface area contributed by atoms with Crippen LogP contribution in [0.1, 0.15) is 55.6 Å². The molecule has 1 aromatic carbocycles. The molecule has 0 heterocycles. The van der Waals surface area contributed by atoms with Crippen LogP contribution in [0.15, 0.2) is 24.3 Å². The molecule has 1 saturated carbocycles. The van der Waals surface area contributed by atoms with Crippen LogP contribution in [-0.2, 0) is 6.42 Å². The van der Waals surface area contributed by atoms with Crippen LogP contribution in [0.25, 0.3) is 0 Å². The third-order valence-corrected chi connectivity index (χ3v) is 4.40. The van der Waals surface area contributed by atoms with Crippen molar-refractivity contribution >= 4 is 0 Å². The van der Waals surface area contributed by atoms with Crippen molar-refractivity contribution in [3.63, 3.8) is 0 Å². The van der Waals surface area contributed by atoms with Gasteiger partial charge in [0, 0.05) is 0 Å². The van der Waals surface area contributed by atoms with Gasteiger partial charge >= 0.3 is 0 Å². The standard InChI is InChI=1S/C15H20/c1-2-6-12(7-3-1)15-11-10-13-8-4-5-9-14(13)15/h4-5,8-9,12,15H,1-3,6-7,10-11H2/t15-/m1/s1. The molecule has 15 heavy (non-hydrogen) atoms. The molecule has 0 aliphatic heterocycles. The zero-order valence-electron chi connectivity index (χ0n) is 9.41. The van der Waals surface area contributed by atoms with Gasteiger partial charge in [0.2, 0.25) is 0 Å². The molecular formula is C15H20. The van der Waals surface area contributed by atoms with Gasteiger partial charge < -0.3 is 0 Å². The van der Waals surface area contributed by atoms with Crippen molar-refractivity contribution in [1.29, 1.82) is 0 Å². The van der Waals surface area contributed by atoms with E-state index in [-0.39, 0.29) is 0 Å². The fraction of sp³-hybridized carbons (Fsp3) is 0.600. The summed E-state index contributed by atoms with van der Waals surface area (Å²) in [6, 6.07) is 9.13. The van der Waals surface area contributed by atoms with Gasteiger partial charge in [-0.15, -0.1) is 0 Å². The van der Waals surface area contributed by atoms with E-state index in [0.29, 0.717) is 0 Å². The summed E-state index contributed by atoms with van der Waals surface area (Å²) in [5, 5.41) is 0. The zero-order chi connectivity index (χ0) is 10.1. The topological polar surface area (TPSA) is 0 Å². The molecule has 0 amide bonds. The minimum absolute atomic E-state index is 0.904. The van der Waals surface area contributed by atoms with Crippen LogP contribution in [0, 0.1) is 5.92 Å². The van der Waals surface area contributed by atoms with Gasteiger partial charge in [-0.2, -0.15) is 0 Å². The maximum absolute atomic E-state index is 2.38. The molecule has 1 fully saturated rings. The van der Waals surface area contributed by atoms with E-state index in [2.05, 4.69) is 24.3 Å². The number of hydrogen-bond acceptors (Lipinski definition) is 0. The fourth-order valence-electron chi connectivity index (χ4n) is 3.62. The summed E-state index contributed by atoms with van der Waals surface area (Å²) < 4.78 is 0. The Kier molecular flexibility index (Phi) is 2.52. The number of benzene rings is 1. The largest absolute Gasteiger partial charge is 0.0620 e. The Hall–Kier alpha value is -0.780. The normalized spacial score (nSPS) is 26.5. The Morgan fingerprint density at radius 3 is 2.53 bits per heavy atom. The fourth-order valence-corrected chi connectivity index (χ4v) is 3.62. The SMILES string of the molecule is c1ccc2c(c1)CC[C@@H]2C1CCCCC1. The molecule has 80 valence electrons. The summed E-state index contributed by atoms with van der Waals surface area (Å²) in [5.41, 5.74) is 3.32. The molecule has 0 heteroatoms. The van der Waals surface area contributed by atoms with Crippen molar-refractivity contribution < 1.29 is 0 Å². The van der Waals surface area contributed by atoms with Crippen LogP contribution in [0.4, 0.5) is 0 Å². The molecule has 1 atom stereocenters. The van der Waals surface area contributed by atoms with Crippen LogP contribution in [0.2, 0.25) is 0 Å². The molecule has 0 radical (unpaired) electrons. The van der Waals surface area contributed by atoms with Gasteiger partial charge in [0.15, 0.2) is 0 Å². The lowest BCUT2D eigenvalue weighted by Crippen LogP contribution is -2.14. The minimum atomic E-state index is 0.904. The first kappa shape index (κ1) is 9.45. The molecule has 2 aliphatic carbocycles. The molecular weight excluding hydrogens is 180 g/mol. The van der Waals surface area contributed by atoms with Crippen LogP contribution in [0.5, 0.6) is 0 Å². The second-order valence-corrected chi connectivity index (χ2v) is 5.24. The van der Waals surface area contributed by atoms with E-state index in [0.717, 1.165) is 11.8 Å². The summed E-state index contributed by atoms with van der Waals surface area (Å²) in [5.74, 6) is 1.91. The quantitative estimate of drug-likeness (QED) is 0.634. The molecule has 0 nitrogen and oxygen atoms in total. The lowest BCUT2D eigenvalue weighted by atomic mass is 9.77. The maximum Gasteiger partial charge on any atom is -0.0128 e. The van der Waals surface area contributed by atoms with Crippen molar-refractivity contribution in [2.24, 2.45) is 5.92 Å². The molecule has 0 saturated heterocycles. The number of aryl methyl sites for hydroxylation is 1. The summed E-state index contributed by atoms with van der Waals surface area (Å²) >= 11 is 0. The smallest absolute Gasteiger partial charge is 0.0128 e. The van der Waals surface area contributed by atoms with Gasteiger partial charge in [0.1, 0.15) is 0 Å². The molecule has 0 spiro atoms. The monoisotopic (exact) mass is 200 g/mol. The number of rotatable bonds is 1. The maximum atomic E-state index is 2.38. The van der Waals surface area contributed by atoms with Crippen LogP contribution in [0.3, 0.4) is 0 Å². The highest BCUT2D eigenvalue weighted by molar-refractivity contribution is 5.35. The molecule has 0 aromatic heterocycles. The van der Waals surface area contributed by atoms with Gasteiger partial charge in [-0.05, 0) is 48.6 Å². The summed E-state index contributed by atoms with van der Waals surface area (Å²) in [6.45, 7) is 0. The predicted molar refractivity (Wildman–Crippen MR) is 64.1 cm³/mol. The van der Waals surface area contributed by atoms with Crippen LogP contribution < -0.4 is 0 Å². The van der Waals surface area contributed by atoms with E-state index in [1.54, 1.807) is 11.1 Å². The van der Waals surface area contributed by atoms with Crippen molar-refractivity contribution in [3.8, 4) is 0 Å². The first-order valence-corrected chi connectivity index (χ1v) is 6.53. The Bertz CT molecular complexity index is 334. The van der Waals surface area contributed by atoms with Gasteiger partial charge in [0.05, 0.1) is 0 Å². The Labute approximate surface area is 92.7 Å². The Balaban J connectivity index is 1.83. The summed E-state index contributed by atoms with van der Waals surface area (Å²) in [4.78, 5) is 0. The highest BCUT2D eigenvalue weighted by Gasteiger charge is 2.29. The van der Waals surface area contributed by atoms with E-state index in [9.17, 15) is 0 Å². The lowest BCUT2D eigenvalue weighted by molar-refractivity contribution is 0.303. The van der Waals surface area contributed by atoms with E-state index < -0.39 is 0 Å². The molecule has 0 unspecified atom stereocenters.